The van der Waals surface area contributed by atoms with Crippen molar-refractivity contribution in [2.75, 3.05) is 33.2 Å². The smallest absolute Gasteiger partial charge is 0.136 e. The zero-order valence-corrected chi connectivity index (χ0v) is 14.0. The number of pyridine rings is 1. The van der Waals surface area contributed by atoms with E-state index in [2.05, 4.69) is 10.1 Å². The average Bonchev–Trinajstić information content (AvgIpc) is 2.98. The number of hydrogen-bond donors (Lipinski definition) is 0. The minimum absolute atomic E-state index is 0.739. The van der Waals surface area contributed by atoms with Crippen LogP contribution in [0.5, 0.6) is 11.5 Å². The molecular weight excluding hydrogens is 292 g/mol. The van der Waals surface area contributed by atoms with Gasteiger partial charge in [-0.3, -0.25) is 4.68 Å². The van der Waals surface area contributed by atoms with Gasteiger partial charge in [-0.05, 0) is 6.07 Å². The molecule has 0 aliphatic rings. The van der Waals surface area contributed by atoms with Crippen LogP contribution in [0.4, 0.5) is 5.82 Å². The summed E-state index contributed by atoms with van der Waals surface area (Å²) in [4.78, 5) is 6.60. The molecule has 1 aromatic carbocycles. The van der Waals surface area contributed by atoms with Crippen LogP contribution in [0.1, 0.15) is 0 Å². The molecule has 0 radical (unpaired) electrons. The van der Waals surface area contributed by atoms with Gasteiger partial charge in [0.15, 0.2) is 0 Å². The van der Waals surface area contributed by atoms with Crippen LogP contribution in [-0.4, -0.2) is 43.1 Å². The van der Waals surface area contributed by atoms with Gasteiger partial charge in [0.05, 0.1) is 20.4 Å². The van der Waals surface area contributed by atoms with Crippen LogP contribution < -0.4 is 14.4 Å². The SMILES string of the molecule is COc1cc(OC)c2c(-c3cnn(C)c3)cnc(N(C)C)c2c1. The summed E-state index contributed by atoms with van der Waals surface area (Å²) in [6.45, 7) is 0. The topological polar surface area (TPSA) is 52.4 Å². The number of rotatable bonds is 4. The molecule has 0 aliphatic carbocycles. The number of nitrogens with zero attached hydrogens (tertiary/aromatic N) is 4. The van der Waals surface area contributed by atoms with Gasteiger partial charge in [-0.2, -0.15) is 5.10 Å². The first-order valence-electron chi connectivity index (χ1n) is 7.26. The molecule has 120 valence electrons. The van der Waals surface area contributed by atoms with E-state index in [0.717, 1.165) is 39.2 Å². The van der Waals surface area contributed by atoms with Crippen molar-refractivity contribution < 1.29 is 9.47 Å². The molecule has 0 saturated heterocycles. The second-order valence-electron chi connectivity index (χ2n) is 5.54. The van der Waals surface area contributed by atoms with Crippen LogP contribution in [0.3, 0.4) is 0 Å². The number of methoxy groups -OCH3 is 2. The van der Waals surface area contributed by atoms with E-state index in [1.54, 1.807) is 18.9 Å². The molecule has 3 rings (SSSR count). The van der Waals surface area contributed by atoms with Crippen LogP contribution in [0.15, 0.2) is 30.7 Å². The van der Waals surface area contributed by atoms with Crippen molar-refractivity contribution >= 4 is 16.6 Å². The maximum Gasteiger partial charge on any atom is 0.136 e. The molecule has 0 atom stereocenters. The summed E-state index contributed by atoms with van der Waals surface area (Å²) in [5.74, 6) is 2.36. The van der Waals surface area contributed by atoms with E-state index in [9.17, 15) is 0 Å². The van der Waals surface area contributed by atoms with Crippen molar-refractivity contribution in [3.05, 3.63) is 30.7 Å². The molecule has 3 aromatic rings. The second kappa shape index (κ2) is 5.79. The Bertz CT molecular complexity index is 855. The third-order valence-electron chi connectivity index (χ3n) is 3.80. The highest BCUT2D eigenvalue weighted by Gasteiger charge is 2.17. The summed E-state index contributed by atoms with van der Waals surface area (Å²) in [6, 6.07) is 3.88. The lowest BCUT2D eigenvalue weighted by molar-refractivity contribution is 0.398. The summed E-state index contributed by atoms with van der Waals surface area (Å²) >= 11 is 0. The number of benzene rings is 1. The molecule has 2 heterocycles. The Morgan fingerprint density at radius 1 is 1.09 bits per heavy atom. The highest BCUT2D eigenvalue weighted by molar-refractivity contribution is 6.06. The Hall–Kier alpha value is -2.76. The molecule has 2 aromatic heterocycles. The zero-order chi connectivity index (χ0) is 16.6. The molecule has 0 saturated carbocycles. The van der Waals surface area contributed by atoms with Gasteiger partial charge in [0.25, 0.3) is 0 Å². The molecule has 6 heteroatoms. The Balaban J connectivity index is 2.41. The van der Waals surface area contributed by atoms with E-state index in [0.29, 0.717) is 0 Å². The third-order valence-corrected chi connectivity index (χ3v) is 3.80. The Morgan fingerprint density at radius 2 is 1.87 bits per heavy atom. The van der Waals surface area contributed by atoms with Crippen molar-refractivity contribution in [2.24, 2.45) is 7.05 Å². The lowest BCUT2D eigenvalue weighted by Gasteiger charge is -2.18. The zero-order valence-electron chi connectivity index (χ0n) is 14.0. The summed E-state index contributed by atoms with van der Waals surface area (Å²) in [7, 11) is 9.15. The van der Waals surface area contributed by atoms with Crippen molar-refractivity contribution in [2.45, 2.75) is 0 Å². The predicted molar refractivity (Wildman–Crippen MR) is 91.4 cm³/mol. The monoisotopic (exact) mass is 312 g/mol. The van der Waals surface area contributed by atoms with E-state index in [1.807, 2.05) is 56.8 Å². The summed E-state index contributed by atoms with van der Waals surface area (Å²) < 4.78 is 12.8. The fourth-order valence-electron chi connectivity index (χ4n) is 2.72. The molecule has 6 nitrogen and oxygen atoms in total. The highest BCUT2D eigenvalue weighted by Crippen LogP contribution is 2.40. The van der Waals surface area contributed by atoms with E-state index in [1.165, 1.54) is 0 Å². The molecule has 0 amide bonds. The molecule has 23 heavy (non-hydrogen) atoms. The van der Waals surface area contributed by atoms with Crippen molar-refractivity contribution in [3.8, 4) is 22.6 Å². The van der Waals surface area contributed by atoms with Gasteiger partial charge in [0, 0.05) is 61.5 Å². The Labute approximate surface area is 135 Å². The highest BCUT2D eigenvalue weighted by atomic mass is 16.5. The quantitative estimate of drug-likeness (QED) is 0.741. The normalized spacial score (nSPS) is 10.8. The van der Waals surface area contributed by atoms with Crippen molar-refractivity contribution in [3.63, 3.8) is 0 Å². The first-order chi connectivity index (χ1) is 11.0. The average molecular weight is 312 g/mol. The van der Waals surface area contributed by atoms with Crippen LogP contribution in [0.25, 0.3) is 21.9 Å². The molecule has 0 unspecified atom stereocenters. The van der Waals surface area contributed by atoms with Gasteiger partial charge in [-0.15, -0.1) is 0 Å². The molecule has 0 fully saturated rings. The van der Waals surface area contributed by atoms with Gasteiger partial charge in [0.1, 0.15) is 17.3 Å². The lowest BCUT2D eigenvalue weighted by atomic mass is 10.0. The van der Waals surface area contributed by atoms with Crippen molar-refractivity contribution in [1.82, 2.24) is 14.8 Å². The van der Waals surface area contributed by atoms with Crippen LogP contribution in [-0.2, 0) is 7.05 Å². The van der Waals surface area contributed by atoms with Crippen LogP contribution in [0, 0.1) is 0 Å². The maximum atomic E-state index is 5.62. The molecule has 0 N–H and O–H groups in total. The number of fused-ring (bicyclic) bond motifs is 1. The number of ether oxygens (including phenoxy) is 2. The van der Waals surface area contributed by atoms with Crippen LogP contribution in [0.2, 0.25) is 0 Å². The van der Waals surface area contributed by atoms with Gasteiger partial charge >= 0.3 is 0 Å². The Morgan fingerprint density at radius 3 is 2.43 bits per heavy atom. The standard InChI is InChI=1S/C17H20N4O2/c1-20(2)17-13-6-12(22-4)7-15(23-5)16(13)14(9-18-17)11-8-19-21(3)10-11/h6-10H,1-5H3. The minimum atomic E-state index is 0.739. The molecule has 0 spiro atoms. The first kappa shape index (κ1) is 15.1. The molecule has 0 bridgehead atoms. The fourth-order valence-corrected chi connectivity index (χ4v) is 2.72. The molecular formula is C17H20N4O2. The third kappa shape index (κ3) is 2.56. The van der Waals surface area contributed by atoms with Gasteiger partial charge in [-0.25, -0.2) is 4.98 Å². The number of hydrogen-bond acceptors (Lipinski definition) is 5. The largest absolute Gasteiger partial charge is 0.497 e. The lowest BCUT2D eigenvalue weighted by Crippen LogP contribution is -2.11. The van der Waals surface area contributed by atoms with Gasteiger partial charge in [0.2, 0.25) is 0 Å². The summed E-state index contributed by atoms with van der Waals surface area (Å²) in [5, 5.41) is 6.24. The van der Waals surface area contributed by atoms with Crippen molar-refractivity contribution in [1.29, 1.82) is 0 Å². The summed E-state index contributed by atoms with van der Waals surface area (Å²) in [5.41, 5.74) is 1.98. The first-order valence-corrected chi connectivity index (χ1v) is 7.26. The van der Waals surface area contributed by atoms with E-state index >= 15 is 0 Å². The molecule has 0 aliphatic heterocycles. The fraction of sp³-hybridized carbons (Fsp3) is 0.294. The number of aryl methyl sites for hydroxylation is 1. The number of anilines is 1. The Kier molecular flexibility index (Phi) is 3.82. The van der Waals surface area contributed by atoms with Gasteiger partial charge < -0.3 is 14.4 Å². The van der Waals surface area contributed by atoms with E-state index in [-0.39, 0.29) is 0 Å². The van der Waals surface area contributed by atoms with Crippen LogP contribution >= 0.6 is 0 Å². The van der Waals surface area contributed by atoms with E-state index in [4.69, 9.17) is 9.47 Å². The van der Waals surface area contributed by atoms with E-state index < -0.39 is 0 Å². The maximum absolute atomic E-state index is 5.62. The second-order valence-corrected chi connectivity index (χ2v) is 5.54. The van der Waals surface area contributed by atoms with Gasteiger partial charge in [-0.1, -0.05) is 0 Å². The number of aromatic nitrogens is 3. The minimum Gasteiger partial charge on any atom is -0.497 e. The predicted octanol–water partition coefficient (Wildman–Crippen LogP) is 2.72. The summed E-state index contributed by atoms with van der Waals surface area (Å²) in [6.07, 6.45) is 5.66.